The topological polar surface area (TPSA) is 12.9 Å². The Balaban J connectivity index is 1.91. The highest BCUT2D eigenvalue weighted by Crippen LogP contribution is 2.56. The van der Waals surface area contributed by atoms with Crippen molar-refractivity contribution in [3.8, 4) is 0 Å². The maximum atomic E-state index is 4.27. The summed E-state index contributed by atoms with van der Waals surface area (Å²) in [5.41, 5.74) is 2.97. The minimum Gasteiger partial charge on any atom is -0.264 e. The molecule has 1 heterocycles. The molecule has 0 amide bonds. The number of pyridine rings is 1. The SMILES string of the molecule is Cc1ccncc1C1CCCC2CC21. The van der Waals surface area contributed by atoms with Gasteiger partial charge in [0.2, 0.25) is 0 Å². The van der Waals surface area contributed by atoms with Gasteiger partial charge in [-0.3, -0.25) is 4.98 Å². The van der Waals surface area contributed by atoms with Crippen LogP contribution in [0.5, 0.6) is 0 Å². The van der Waals surface area contributed by atoms with Crippen LogP contribution in [0.3, 0.4) is 0 Å². The summed E-state index contributed by atoms with van der Waals surface area (Å²) in [4.78, 5) is 4.27. The van der Waals surface area contributed by atoms with Crippen molar-refractivity contribution >= 4 is 0 Å². The van der Waals surface area contributed by atoms with Gasteiger partial charge in [0, 0.05) is 12.4 Å². The normalized spacial score (nSPS) is 35.1. The predicted molar refractivity (Wildman–Crippen MR) is 57.2 cm³/mol. The molecule has 0 bridgehead atoms. The third-order valence-corrected chi connectivity index (χ3v) is 4.06. The Morgan fingerprint density at radius 1 is 1.36 bits per heavy atom. The van der Waals surface area contributed by atoms with Crippen LogP contribution in [0.4, 0.5) is 0 Å². The van der Waals surface area contributed by atoms with E-state index in [0.29, 0.717) is 0 Å². The molecule has 2 aliphatic carbocycles. The molecule has 0 spiro atoms. The average molecular weight is 187 g/mol. The molecule has 0 saturated heterocycles. The second-order valence-corrected chi connectivity index (χ2v) is 4.93. The first-order valence-corrected chi connectivity index (χ1v) is 5.77. The Kier molecular flexibility index (Phi) is 1.86. The van der Waals surface area contributed by atoms with Crippen molar-refractivity contribution in [2.45, 2.75) is 38.5 Å². The van der Waals surface area contributed by atoms with E-state index in [-0.39, 0.29) is 0 Å². The first-order valence-electron chi connectivity index (χ1n) is 5.77. The van der Waals surface area contributed by atoms with E-state index < -0.39 is 0 Å². The second-order valence-electron chi connectivity index (χ2n) is 4.93. The van der Waals surface area contributed by atoms with Crippen molar-refractivity contribution in [1.29, 1.82) is 0 Å². The lowest BCUT2D eigenvalue weighted by atomic mass is 9.83. The van der Waals surface area contributed by atoms with E-state index in [1.54, 1.807) is 0 Å². The van der Waals surface area contributed by atoms with Gasteiger partial charge in [-0.2, -0.15) is 0 Å². The minimum absolute atomic E-state index is 0.836. The second kappa shape index (κ2) is 3.08. The van der Waals surface area contributed by atoms with Crippen molar-refractivity contribution in [2.75, 3.05) is 0 Å². The molecule has 0 aliphatic heterocycles. The lowest BCUT2D eigenvalue weighted by Crippen LogP contribution is -2.09. The van der Waals surface area contributed by atoms with Crippen LogP contribution in [0, 0.1) is 18.8 Å². The fourth-order valence-corrected chi connectivity index (χ4v) is 3.16. The van der Waals surface area contributed by atoms with Crippen molar-refractivity contribution < 1.29 is 0 Å². The summed E-state index contributed by atoms with van der Waals surface area (Å²) in [7, 11) is 0. The van der Waals surface area contributed by atoms with Crippen LogP contribution in [-0.2, 0) is 0 Å². The molecule has 1 aromatic rings. The molecule has 1 nitrogen and oxygen atoms in total. The molecule has 0 aromatic carbocycles. The largest absolute Gasteiger partial charge is 0.264 e. The van der Waals surface area contributed by atoms with Gasteiger partial charge in [0.1, 0.15) is 0 Å². The monoisotopic (exact) mass is 187 g/mol. The average Bonchev–Trinajstić information content (AvgIpc) is 2.97. The Bertz CT molecular complexity index is 345. The molecule has 1 aromatic heterocycles. The van der Waals surface area contributed by atoms with Crippen molar-refractivity contribution in [2.24, 2.45) is 11.8 Å². The van der Waals surface area contributed by atoms with Gasteiger partial charge in [0.05, 0.1) is 0 Å². The summed E-state index contributed by atoms with van der Waals surface area (Å²) >= 11 is 0. The number of rotatable bonds is 1. The zero-order valence-corrected chi connectivity index (χ0v) is 8.74. The number of nitrogens with zero attached hydrogens (tertiary/aromatic N) is 1. The number of hydrogen-bond donors (Lipinski definition) is 0. The van der Waals surface area contributed by atoms with Crippen LogP contribution < -0.4 is 0 Å². The van der Waals surface area contributed by atoms with E-state index in [4.69, 9.17) is 0 Å². The zero-order chi connectivity index (χ0) is 9.54. The highest BCUT2D eigenvalue weighted by atomic mass is 14.6. The van der Waals surface area contributed by atoms with Crippen LogP contribution in [-0.4, -0.2) is 4.98 Å². The number of hydrogen-bond acceptors (Lipinski definition) is 1. The zero-order valence-electron chi connectivity index (χ0n) is 8.74. The molecule has 0 radical (unpaired) electrons. The van der Waals surface area contributed by atoms with Crippen LogP contribution in [0.1, 0.15) is 42.7 Å². The van der Waals surface area contributed by atoms with E-state index in [1.165, 1.54) is 36.8 Å². The number of aromatic nitrogens is 1. The smallest absolute Gasteiger partial charge is 0.0305 e. The van der Waals surface area contributed by atoms with Crippen LogP contribution in [0.25, 0.3) is 0 Å². The maximum Gasteiger partial charge on any atom is 0.0305 e. The molecule has 3 atom stereocenters. The lowest BCUT2D eigenvalue weighted by molar-refractivity contribution is 0.418. The molecule has 14 heavy (non-hydrogen) atoms. The Morgan fingerprint density at radius 3 is 3.14 bits per heavy atom. The number of aryl methyl sites for hydroxylation is 1. The fourth-order valence-electron chi connectivity index (χ4n) is 3.16. The highest BCUT2D eigenvalue weighted by molar-refractivity contribution is 5.28. The van der Waals surface area contributed by atoms with Gasteiger partial charge in [-0.05, 0) is 54.7 Å². The molecule has 2 fully saturated rings. The summed E-state index contributed by atoms with van der Waals surface area (Å²) in [6, 6.07) is 2.15. The van der Waals surface area contributed by atoms with Gasteiger partial charge in [-0.25, -0.2) is 0 Å². The highest BCUT2D eigenvalue weighted by Gasteiger charge is 2.45. The van der Waals surface area contributed by atoms with E-state index in [0.717, 1.165) is 17.8 Å². The summed E-state index contributed by atoms with van der Waals surface area (Å²) < 4.78 is 0. The van der Waals surface area contributed by atoms with Gasteiger partial charge in [-0.1, -0.05) is 12.8 Å². The van der Waals surface area contributed by atoms with Crippen molar-refractivity contribution in [3.05, 3.63) is 29.6 Å². The molecule has 2 aliphatic rings. The summed E-state index contributed by atoms with van der Waals surface area (Å²) in [6.07, 6.45) is 9.81. The van der Waals surface area contributed by atoms with Crippen LogP contribution >= 0.6 is 0 Å². The fraction of sp³-hybridized carbons (Fsp3) is 0.615. The predicted octanol–water partition coefficient (Wildman–Crippen LogP) is 3.29. The summed E-state index contributed by atoms with van der Waals surface area (Å²) in [5, 5.41) is 0. The molecule has 3 rings (SSSR count). The lowest BCUT2D eigenvalue weighted by Gasteiger charge is -2.22. The van der Waals surface area contributed by atoms with E-state index in [1.807, 2.05) is 6.20 Å². The summed E-state index contributed by atoms with van der Waals surface area (Å²) in [5.74, 6) is 2.91. The van der Waals surface area contributed by atoms with Gasteiger partial charge in [0.15, 0.2) is 0 Å². The molecule has 2 saturated carbocycles. The summed E-state index contributed by atoms with van der Waals surface area (Å²) in [6.45, 7) is 2.23. The Morgan fingerprint density at radius 2 is 2.29 bits per heavy atom. The van der Waals surface area contributed by atoms with Gasteiger partial charge in [0.25, 0.3) is 0 Å². The van der Waals surface area contributed by atoms with Gasteiger partial charge in [-0.15, -0.1) is 0 Å². The Hall–Kier alpha value is -0.850. The standard InChI is InChI=1S/C13H17N/c1-9-5-6-14-8-13(9)11-4-2-3-10-7-12(10)11/h5-6,8,10-12H,2-4,7H2,1H3. The van der Waals surface area contributed by atoms with Crippen molar-refractivity contribution in [3.63, 3.8) is 0 Å². The maximum absolute atomic E-state index is 4.27. The molecular weight excluding hydrogens is 170 g/mol. The van der Waals surface area contributed by atoms with Crippen LogP contribution in [0.2, 0.25) is 0 Å². The Labute approximate surface area is 85.6 Å². The van der Waals surface area contributed by atoms with E-state index in [2.05, 4.69) is 24.2 Å². The van der Waals surface area contributed by atoms with Gasteiger partial charge >= 0.3 is 0 Å². The first-order chi connectivity index (χ1) is 6.86. The van der Waals surface area contributed by atoms with Crippen molar-refractivity contribution in [1.82, 2.24) is 4.98 Å². The molecule has 0 N–H and O–H groups in total. The van der Waals surface area contributed by atoms with E-state index in [9.17, 15) is 0 Å². The number of fused-ring (bicyclic) bond motifs is 1. The quantitative estimate of drug-likeness (QED) is 0.657. The molecule has 74 valence electrons. The molecule has 1 heteroatoms. The minimum atomic E-state index is 0.836. The van der Waals surface area contributed by atoms with E-state index >= 15 is 0 Å². The first kappa shape index (κ1) is 8.46. The van der Waals surface area contributed by atoms with Gasteiger partial charge < -0.3 is 0 Å². The third kappa shape index (κ3) is 1.26. The molecule has 3 unspecified atom stereocenters. The van der Waals surface area contributed by atoms with Crippen LogP contribution in [0.15, 0.2) is 18.5 Å². The third-order valence-electron chi connectivity index (χ3n) is 4.06. The molecular formula is C13H17N.